The zero-order valence-electron chi connectivity index (χ0n) is 18.6. The molecule has 0 heterocycles. The van der Waals surface area contributed by atoms with E-state index < -0.39 is 23.8 Å². The van der Waals surface area contributed by atoms with Crippen LogP contribution in [0.4, 0.5) is 10.5 Å². The minimum absolute atomic E-state index is 0.325. The van der Waals surface area contributed by atoms with E-state index in [1.165, 1.54) is 0 Å². The predicted octanol–water partition coefficient (Wildman–Crippen LogP) is 4.74. The van der Waals surface area contributed by atoms with Gasteiger partial charge >= 0.3 is 6.09 Å². The molecule has 6 heteroatoms. The molecule has 2 atom stereocenters. The summed E-state index contributed by atoms with van der Waals surface area (Å²) in [5, 5.41) is 5.57. The van der Waals surface area contributed by atoms with Gasteiger partial charge in [-0.15, -0.1) is 0 Å². The van der Waals surface area contributed by atoms with Crippen LogP contribution in [0, 0.1) is 13.8 Å². The first-order chi connectivity index (χ1) is 14.1. The highest BCUT2D eigenvalue weighted by molar-refractivity contribution is 5.97. The highest BCUT2D eigenvalue weighted by Crippen LogP contribution is 2.19. The van der Waals surface area contributed by atoms with E-state index in [1.54, 1.807) is 27.7 Å². The average molecular weight is 413 g/mol. The lowest BCUT2D eigenvalue weighted by Crippen LogP contribution is -2.52. The highest BCUT2D eigenvalue weighted by Gasteiger charge is 2.30. The molecule has 2 N–H and O–H groups in total. The number of anilines is 1. The molecule has 0 saturated carbocycles. The Bertz CT molecular complexity index is 859. The third-order valence-corrected chi connectivity index (χ3v) is 4.64. The van der Waals surface area contributed by atoms with E-state index in [4.69, 9.17) is 9.47 Å². The number of hydrogen-bond acceptors (Lipinski definition) is 4. The van der Waals surface area contributed by atoms with Crippen LogP contribution in [0.3, 0.4) is 0 Å². The van der Waals surface area contributed by atoms with Gasteiger partial charge in [0.25, 0.3) is 0 Å². The van der Waals surface area contributed by atoms with Gasteiger partial charge in [-0.1, -0.05) is 42.5 Å². The SMILES string of the molecule is Cc1cccc(NC(=O)C(NC(=O)OC(C)(C)C)C(C)OCc2ccccc2)c1C. The molecule has 2 amide bonds. The van der Waals surface area contributed by atoms with Crippen LogP contribution in [-0.4, -0.2) is 29.7 Å². The first-order valence-electron chi connectivity index (χ1n) is 10.1. The Labute approximate surface area is 179 Å². The molecule has 0 aliphatic rings. The molecule has 0 aliphatic carbocycles. The van der Waals surface area contributed by atoms with Crippen LogP contribution in [-0.2, 0) is 20.9 Å². The van der Waals surface area contributed by atoms with Crippen LogP contribution in [0.5, 0.6) is 0 Å². The van der Waals surface area contributed by atoms with Gasteiger partial charge in [-0.05, 0) is 64.3 Å². The molecule has 6 nitrogen and oxygen atoms in total. The molecule has 0 saturated heterocycles. The Morgan fingerprint density at radius 2 is 1.67 bits per heavy atom. The van der Waals surface area contributed by atoms with E-state index in [-0.39, 0.29) is 5.91 Å². The molecule has 2 unspecified atom stereocenters. The standard InChI is InChI=1S/C24H32N2O4/c1-16-11-10-14-20(17(16)2)25-22(27)21(26-23(28)30-24(4,5)6)18(3)29-15-19-12-8-7-9-13-19/h7-14,18,21H,15H2,1-6H3,(H,25,27)(H,26,28). The maximum atomic E-state index is 13.1. The van der Waals surface area contributed by atoms with Crippen LogP contribution in [0.2, 0.25) is 0 Å². The van der Waals surface area contributed by atoms with Gasteiger partial charge in [-0.3, -0.25) is 4.79 Å². The summed E-state index contributed by atoms with van der Waals surface area (Å²) in [6, 6.07) is 14.4. The molecule has 0 spiro atoms. The molecule has 0 bridgehead atoms. The van der Waals surface area contributed by atoms with Crippen molar-refractivity contribution in [1.82, 2.24) is 5.32 Å². The summed E-state index contributed by atoms with van der Waals surface area (Å²) >= 11 is 0. The number of carbonyl (C=O) groups excluding carboxylic acids is 2. The van der Waals surface area contributed by atoms with Gasteiger partial charge in [0.15, 0.2) is 0 Å². The van der Waals surface area contributed by atoms with E-state index >= 15 is 0 Å². The lowest BCUT2D eigenvalue weighted by Gasteiger charge is -2.27. The second-order valence-electron chi connectivity index (χ2n) is 8.36. The monoisotopic (exact) mass is 412 g/mol. The van der Waals surface area contributed by atoms with Crippen molar-refractivity contribution in [2.24, 2.45) is 0 Å². The van der Waals surface area contributed by atoms with Gasteiger partial charge < -0.3 is 20.1 Å². The minimum atomic E-state index is -0.927. The summed E-state index contributed by atoms with van der Waals surface area (Å²) in [6.07, 6.45) is -1.25. The Morgan fingerprint density at radius 3 is 2.30 bits per heavy atom. The molecule has 0 fully saturated rings. The third-order valence-electron chi connectivity index (χ3n) is 4.64. The Balaban J connectivity index is 2.15. The topological polar surface area (TPSA) is 76.7 Å². The molecule has 30 heavy (non-hydrogen) atoms. The normalized spacial score (nSPS) is 13.3. The van der Waals surface area contributed by atoms with E-state index in [0.29, 0.717) is 12.3 Å². The first kappa shape index (κ1) is 23.4. The molecule has 2 aromatic rings. The molecular formula is C24H32N2O4. The van der Waals surface area contributed by atoms with E-state index in [9.17, 15) is 9.59 Å². The minimum Gasteiger partial charge on any atom is -0.444 e. The van der Waals surface area contributed by atoms with Crippen LogP contribution in [0.25, 0.3) is 0 Å². The smallest absolute Gasteiger partial charge is 0.408 e. The lowest BCUT2D eigenvalue weighted by atomic mass is 10.1. The number of alkyl carbamates (subject to hydrolysis) is 1. The maximum absolute atomic E-state index is 13.1. The van der Waals surface area contributed by atoms with Crippen LogP contribution >= 0.6 is 0 Å². The van der Waals surface area contributed by atoms with Crippen LogP contribution < -0.4 is 10.6 Å². The zero-order chi connectivity index (χ0) is 22.3. The van der Waals surface area contributed by atoms with Crippen molar-refractivity contribution in [2.45, 2.75) is 65.9 Å². The molecule has 2 aromatic carbocycles. The average Bonchev–Trinajstić information content (AvgIpc) is 2.67. The van der Waals surface area contributed by atoms with Crippen molar-refractivity contribution in [3.05, 3.63) is 65.2 Å². The van der Waals surface area contributed by atoms with Crippen molar-refractivity contribution in [3.63, 3.8) is 0 Å². The van der Waals surface area contributed by atoms with Crippen molar-refractivity contribution in [1.29, 1.82) is 0 Å². The van der Waals surface area contributed by atoms with Crippen LogP contribution in [0.15, 0.2) is 48.5 Å². The van der Waals surface area contributed by atoms with Gasteiger partial charge in [-0.25, -0.2) is 4.79 Å². The molecule has 0 aliphatic heterocycles. The largest absolute Gasteiger partial charge is 0.444 e. The quantitative estimate of drug-likeness (QED) is 0.689. The molecule has 2 rings (SSSR count). The van der Waals surface area contributed by atoms with Crippen LogP contribution in [0.1, 0.15) is 44.4 Å². The summed E-state index contributed by atoms with van der Waals surface area (Å²) in [5.74, 6) is -0.366. The summed E-state index contributed by atoms with van der Waals surface area (Å²) in [7, 11) is 0. The van der Waals surface area contributed by atoms with Crippen molar-refractivity contribution in [2.75, 3.05) is 5.32 Å². The lowest BCUT2D eigenvalue weighted by molar-refractivity contribution is -0.122. The summed E-state index contributed by atoms with van der Waals surface area (Å²) in [6.45, 7) is 11.3. The van der Waals surface area contributed by atoms with E-state index in [1.807, 2.05) is 62.4 Å². The highest BCUT2D eigenvalue weighted by atomic mass is 16.6. The summed E-state index contributed by atoms with van der Waals surface area (Å²) < 4.78 is 11.2. The summed E-state index contributed by atoms with van der Waals surface area (Å²) in [4.78, 5) is 25.4. The van der Waals surface area contributed by atoms with Crippen molar-refractivity contribution in [3.8, 4) is 0 Å². The number of carbonyl (C=O) groups is 2. The fraction of sp³-hybridized carbons (Fsp3) is 0.417. The van der Waals surface area contributed by atoms with Crippen molar-refractivity contribution >= 4 is 17.7 Å². The Hall–Kier alpha value is -2.86. The molecular weight excluding hydrogens is 380 g/mol. The van der Waals surface area contributed by atoms with Gasteiger partial charge in [0.1, 0.15) is 11.6 Å². The zero-order valence-corrected chi connectivity index (χ0v) is 18.6. The first-order valence-corrected chi connectivity index (χ1v) is 10.1. The number of benzene rings is 2. The van der Waals surface area contributed by atoms with Gasteiger partial charge in [0, 0.05) is 5.69 Å². The number of rotatable bonds is 7. The number of amides is 2. The number of nitrogens with one attached hydrogen (secondary N) is 2. The number of aryl methyl sites for hydroxylation is 1. The predicted molar refractivity (Wildman–Crippen MR) is 118 cm³/mol. The number of hydrogen-bond donors (Lipinski definition) is 2. The summed E-state index contributed by atoms with van der Waals surface area (Å²) in [5.41, 5.74) is 3.05. The fourth-order valence-electron chi connectivity index (χ4n) is 2.83. The second-order valence-corrected chi connectivity index (χ2v) is 8.36. The fourth-order valence-corrected chi connectivity index (χ4v) is 2.83. The molecule has 0 aromatic heterocycles. The van der Waals surface area contributed by atoms with Crippen molar-refractivity contribution < 1.29 is 19.1 Å². The van der Waals surface area contributed by atoms with Gasteiger partial charge in [0.05, 0.1) is 12.7 Å². The number of ether oxygens (including phenoxy) is 2. The Kier molecular flexibility index (Phi) is 8.00. The van der Waals surface area contributed by atoms with Gasteiger partial charge in [-0.2, -0.15) is 0 Å². The van der Waals surface area contributed by atoms with E-state index in [0.717, 1.165) is 16.7 Å². The second kappa shape index (κ2) is 10.3. The Morgan fingerprint density at radius 1 is 1.00 bits per heavy atom. The van der Waals surface area contributed by atoms with E-state index in [2.05, 4.69) is 10.6 Å². The molecule has 162 valence electrons. The molecule has 0 radical (unpaired) electrons. The third kappa shape index (κ3) is 7.19. The maximum Gasteiger partial charge on any atom is 0.408 e. The van der Waals surface area contributed by atoms with Gasteiger partial charge in [0.2, 0.25) is 5.91 Å².